The molecule has 1 unspecified atom stereocenters. The molecule has 0 bridgehead atoms. The lowest BCUT2D eigenvalue weighted by Gasteiger charge is -2.11. The third kappa shape index (κ3) is 5.31. The summed E-state index contributed by atoms with van der Waals surface area (Å²) in [7, 11) is 1.38. The number of methoxy groups -OCH3 is 1. The lowest BCUT2D eigenvalue weighted by atomic mass is 10.2. The number of ether oxygens (including phenoxy) is 1. The van der Waals surface area contributed by atoms with Crippen molar-refractivity contribution in [2.24, 2.45) is 0 Å². The minimum atomic E-state index is -1.05. The van der Waals surface area contributed by atoms with Crippen LogP contribution in [0.4, 0.5) is 0 Å². The maximum absolute atomic E-state index is 11.0. The summed E-state index contributed by atoms with van der Waals surface area (Å²) in [6.07, 6.45) is 3.70. The van der Waals surface area contributed by atoms with Crippen molar-refractivity contribution in [1.82, 2.24) is 5.32 Å². The second kappa shape index (κ2) is 7.08. The van der Waals surface area contributed by atoms with E-state index in [9.17, 15) is 9.59 Å². The Bertz CT molecular complexity index is 225. The van der Waals surface area contributed by atoms with E-state index in [-0.39, 0.29) is 13.0 Å². The number of hydrogen-bond donors (Lipinski definition) is 2. The number of rotatable bonds is 6. The Morgan fingerprint density at radius 1 is 1.57 bits per heavy atom. The van der Waals surface area contributed by atoms with Gasteiger partial charge in [0.05, 0.1) is 0 Å². The molecule has 5 nitrogen and oxygen atoms in total. The van der Waals surface area contributed by atoms with Gasteiger partial charge in [-0.25, -0.2) is 4.79 Å². The number of carbonyl (C=O) groups excluding carboxylic acids is 1. The van der Waals surface area contributed by atoms with Crippen LogP contribution >= 0.6 is 0 Å². The van der Waals surface area contributed by atoms with Crippen LogP contribution in [-0.2, 0) is 14.3 Å². The minimum absolute atomic E-state index is 0.125. The molecule has 1 atom stereocenters. The summed E-state index contributed by atoms with van der Waals surface area (Å²) in [5.41, 5.74) is 0. The molecule has 0 saturated carbocycles. The number of aliphatic carboxylic acids is 1. The van der Waals surface area contributed by atoms with Gasteiger partial charge >= 0.3 is 5.97 Å². The number of carboxylic acid groups (broad SMARTS) is 1. The Kier molecular flexibility index (Phi) is 6.39. The van der Waals surface area contributed by atoms with E-state index in [4.69, 9.17) is 5.11 Å². The molecule has 0 fully saturated rings. The van der Waals surface area contributed by atoms with Crippen LogP contribution in [0, 0.1) is 0 Å². The molecule has 0 radical (unpaired) electrons. The third-order valence-electron chi connectivity index (χ3n) is 1.52. The summed E-state index contributed by atoms with van der Waals surface area (Å²) < 4.78 is 4.57. The molecular formula is C9H15NO4. The second-order valence-corrected chi connectivity index (χ2v) is 2.70. The molecular weight excluding hydrogens is 186 g/mol. The number of carbonyl (C=O) groups is 2. The van der Waals surface area contributed by atoms with Gasteiger partial charge < -0.3 is 15.2 Å². The molecule has 1 amide bonds. The summed E-state index contributed by atoms with van der Waals surface area (Å²) in [6.45, 7) is 1.66. The molecule has 0 aromatic rings. The number of carboxylic acids is 1. The standard InChI is InChI=1S/C9H15NO4/c1-3-4-5-7(9(12)13)10-8(11)6-14-2/h3-4,7H,5-6H2,1-2H3,(H,10,11)(H,12,13)/b4-3+. The highest BCUT2D eigenvalue weighted by molar-refractivity contribution is 5.84. The molecule has 0 rings (SSSR count). The quantitative estimate of drug-likeness (QED) is 0.600. The number of hydrogen-bond acceptors (Lipinski definition) is 3. The zero-order chi connectivity index (χ0) is 11.0. The van der Waals surface area contributed by atoms with Crippen LogP contribution < -0.4 is 5.32 Å². The van der Waals surface area contributed by atoms with Crippen LogP contribution in [0.2, 0.25) is 0 Å². The zero-order valence-corrected chi connectivity index (χ0v) is 8.32. The minimum Gasteiger partial charge on any atom is -0.480 e. The Hall–Kier alpha value is -1.36. The Morgan fingerprint density at radius 2 is 2.21 bits per heavy atom. The number of allylic oxidation sites excluding steroid dienone is 1. The average molecular weight is 201 g/mol. The summed E-state index contributed by atoms with van der Waals surface area (Å²) >= 11 is 0. The molecule has 5 heteroatoms. The summed E-state index contributed by atoms with van der Waals surface area (Å²) in [5.74, 6) is -1.48. The highest BCUT2D eigenvalue weighted by atomic mass is 16.5. The predicted molar refractivity (Wildman–Crippen MR) is 50.9 cm³/mol. The fraction of sp³-hybridized carbons (Fsp3) is 0.556. The largest absolute Gasteiger partial charge is 0.480 e. The van der Waals surface area contributed by atoms with Gasteiger partial charge in [0, 0.05) is 7.11 Å². The molecule has 0 aliphatic heterocycles. The smallest absolute Gasteiger partial charge is 0.326 e. The lowest BCUT2D eigenvalue weighted by Crippen LogP contribution is -2.42. The lowest BCUT2D eigenvalue weighted by molar-refractivity contribution is -0.142. The van der Waals surface area contributed by atoms with Crippen molar-refractivity contribution in [3.05, 3.63) is 12.2 Å². The molecule has 2 N–H and O–H groups in total. The maximum Gasteiger partial charge on any atom is 0.326 e. The fourth-order valence-corrected chi connectivity index (χ4v) is 0.861. The van der Waals surface area contributed by atoms with Crippen LogP contribution in [0.1, 0.15) is 13.3 Å². The molecule has 0 aromatic carbocycles. The topological polar surface area (TPSA) is 75.6 Å². The van der Waals surface area contributed by atoms with Crippen LogP contribution in [0.15, 0.2) is 12.2 Å². The number of nitrogens with one attached hydrogen (secondary N) is 1. The summed E-state index contributed by atoms with van der Waals surface area (Å²) in [5, 5.41) is 11.1. The van der Waals surface area contributed by atoms with E-state index in [1.54, 1.807) is 19.1 Å². The van der Waals surface area contributed by atoms with Crippen LogP contribution in [0.5, 0.6) is 0 Å². The van der Waals surface area contributed by atoms with Crippen molar-refractivity contribution in [3.8, 4) is 0 Å². The highest BCUT2D eigenvalue weighted by Gasteiger charge is 2.17. The molecule has 0 saturated heterocycles. The maximum atomic E-state index is 11.0. The molecule has 0 aliphatic carbocycles. The molecule has 0 spiro atoms. The fourth-order valence-electron chi connectivity index (χ4n) is 0.861. The van der Waals surface area contributed by atoms with E-state index in [0.717, 1.165) is 0 Å². The zero-order valence-electron chi connectivity index (χ0n) is 8.32. The molecule has 80 valence electrons. The SMILES string of the molecule is C/C=C/CC(NC(=O)COC)C(=O)O. The van der Waals surface area contributed by atoms with Gasteiger partial charge in [0.25, 0.3) is 0 Å². The van der Waals surface area contributed by atoms with E-state index < -0.39 is 17.9 Å². The van der Waals surface area contributed by atoms with Gasteiger partial charge in [-0.05, 0) is 13.3 Å². The Labute approximate surface area is 82.7 Å². The average Bonchev–Trinajstić information content (AvgIpc) is 2.12. The van der Waals surface area contributed by atoms with E-state index in [1.165, 1.54) is 7.11 Å². The van der Waals surface area contributed by atoms with Crippen molar-refractivity contribution in [3.63, 3.8) is 0 Å². The van der Waals surface area contributed by atoms with Gasteiger partial charge in [0.15, 0.2) is 0 Å². The monoisotopic (exact) mass is 201 g/mol. The Morgan fingerprint density at radius 3 is 2.64 bits per heavy atom. The third-order valence-corrected chi connectivity index (χ3v) is 1.52. The van der Waals surface area contributed by atoms with Crippen molar-refractivity contribution < 1.29 is 19.4 Å². The number of amides is 1. The molecule has 14 heavy (non-hydrogen) atoms. The van der Waals surface area contributed by atoms with Gasteiger partial charge in [-0.2, -0.15) is 0 Å². The van der Waals surface area contributed by atoms with E-state index in [1.807, 2.05) is 0 Å². The van der Waals surface area contributed by atoms with Gasteiger partial charge in [0.1, 0.15) is 12.6 Å². The summed E-state index contributed by atoms with van der Waals surface area (Å²) in [4.78, 5) is 21.7. The van der Waals surface area contributed by atoms with Gasteiger partial charge in [0.2, 0.25) is 5.91 Å². The highest BCUT2D eigenvalue weighted by Crippen LogP contribution is 1.94. The first-order chi connectivity index (χ1) is 6.61. The van der Waals surface area contributed by atoms with Crippen LogP contribution in [0.25, 0.3) is 0 Å². The first-order valence-electron chi connectivity index (χ1n) is 4.24. The predicted octanol–water partition coefficient (Wildman–Crippen LogP) is 0.168. The van der Waals surface area contributed by atoms with Gasteiger partial charge in [-0.1, -0.05) is 12.2 Å². The molecule has 0 heterocycles. The normalized spacial score (nSPS) is 12.7. The summed E-state index contributed by atoms with van der Waals surface area (Å²) in [6, 6.07) is -0.881. The van der Waals surface area contributed by atoms with Crippen molar-refractivity contribution in [1.29, 1.82) is 0 Å². The first-order valence-corrected chi connectivity index (χ1v) is 4.24. The van der Waals surface area contributed by atoms with E-state index in [0.29, 0.717) is 0 Å². The van der Waals surface area contributed by atoms with Crippen LogP contribution in [-0.4, -0.2) is 36.7 Å². The molecule has 0 aliphatic rings. The van der Waals surface area contributed by atoms with Gasteiger partial charge in [-0.15, -0.1) is 0 Å². The first kappa shape index (κ1) is 12.6. The second-order valence-electron chi connectivity index (χ2n) is 2.70. The Balaban J connectivity index is 4.08. The van der Waals surface area contributed by atoms with E-state index in [2.05, 4.69) is 10.1 Å². The molecule has 0 aromatic heterocycles. The van der Waals surface area contributed by atoms with E-state index >= 15 is 0 Å². The van der Waals surface area contributed by atoms with Crippen molar-refractivity contribution >= 4 is 11.9 Å². The van der Waals surface area contributed by atoms with Crippen molar-refractivity contribution in [2.75, 3.05) is 13.7 Å². The van der Waals surface area contributed by atoms with Crippen LogP contribution in [0.3, 0.4) is 0 Å². The van der Waals surface area contributed by atoms with Gasteiger partial charge in [-0.3, -0.25) is 4.79 Å². The van der Waals surface area contributed by atoms with Crippen molar-refractivity contribution in [2.45, 2.75) is 19.4 Å².